The number of esters is 1. The normalized spacial score (nSPS) is 19.4. The third kappa shape index (κ3) is 1.00. The molecule has 0 aromatic heterocycles. The molecule has 74 valence electrons. The molecule has 0 amide bonds. The lowest BCUT2D eigenvalue weighted by Gasteiger charge is -2.01. The Hall–Kier alpha value is -1.56. The number of aliphatic hydroxyl groups is 1. The highest BCUT2D eigenvalue weighted by molar-refractivity contribution is 5.94. The summed E-state index contributed by atoms with van der Waals surface area (Å²) in [6, 6.07) is 0.531. The summed E-state index contributed by atoms with van der Waals surface area (Å²) in [6.07, 6.45) is -1.73. The molecule has 14 heavy (non-hydrogen) atoms. The SMILES string of the molecule is O=C1OC(O)c2cc(F)c(F)c(F)c21. The van der Waals surface area contributed by atoms with Crippen LogP contribution in [0, 0.1) is 17.5 Å². The van der Waals surface area contributed by atoms with E-state index in [1.54, 1.807) is 0 Å². The van der Waals surface area contributed by atoms with Crippen molar-refractivity contribution in [2.45, 2.75) is 6.29 Å². The Bertz CT molecular complexity index is 430. The van der Waals surface area contributed by atoms with Gasteiger partial charge in [-0.1, -0.05) is 0 Å². The van der Waals surface area contributed by atoms with Gasteiger partial charge >= 0.3 is 5.97 Å². The molecular weight excluding hydrogens is 201 g/mol. The second-order valence-corrected chi connectivity index (χ2v) is 2.71. The third-order valence-corrected chi connectivity index (χ3v) is 1.88. The number of benzene rings is 1. The van der Waals surface area contributed by atoms with E-state index in [0.29, 0.717) is 6.07 Å². The summed E-state index contributed by atoms with van der Waals surface area (Å²) in [5, 5.41) is 8.99. The number of carbonyl (C=O) groups is 1. The minimum absolute atomic E-state index is 0.397. The van der Waals surface area contributed by atoms with Crippen molar-refractivity contribution >= 4 is 5.97 Å². The van der Waals surface area contributed by atoms with E-state index < -0.39 is 40.8 Å². The van der Waals surface area contributed by atoms with Gasteiger partial charge < -0.3 is 9.84 Å². The van der Waals surface area contributed by atoms with E-state index >= 15 is 0 Å². The highest BCUT2D eigenvalue weighted by atomic mass is 19.2. The van der Waals surface area contributed by atoms with Crippen LogP contribution in [0.5, 0.6) is 0 Å². The summed E-state index contributed by atoms with van der Waals surface area (Å²) in [5.74, 6) is -6.07. The molecule has 3 nitrogen and oxygen atoms in total. The first-order valence-corrected chi connectivity index (χ1v) is 3.59. The van der Waals surface area contributed by atoms with Gasteiger partial charge in [0.25, 0.3) is 0 Å². The molecule has 1 atom stereocenters. The molecule has 2 rings (SSSR count). The molecule has 0 aliphatic carbocycles. The zero-order valence-electron chi connectivity index (χ0n) is 6.55. The number of hydrogen-bond acceptors (Lipinski definition) is 3. The van der Waals surface area contributed by atoms with E-state index in [1.165, 1.54) is 0 Å². The lowest BCUT2D eigenvalue weighted by Crippen LogP contribution is -2.02. The van der Waals surface area contributed by atoms with E-state index in [2.05, 4.69) is 4.74 Å². The highest BCUT2D eigenvalue weighted by Crippen LogP contribution is 2.32. The van der Waals surface area contributed by atoms with Crippen molar-refractivity contribution in [2.24, 2.45) is 0 Å². The van der Waals surface area contributed by atoms with Gasteiger partial charge in [0, 0.05) is 5.56 Å². The zero-order valence-corrected chi connectivity index (χ0v) is 6.55. The fourth-order valence-electron chi connectivity index (χ4n) is 1.24. The quantitative estimate of drug-likeness (QED) is 0.511. The number of ether oxygens (including phenoxy) is 1. The van der Waals surface area contributed by atoms with Gasteiger partial charge in [-0.2, -0.15) is 0 Å². The predicted molar refractivity (Wildman–Crippen MR) is 36.7 cm³/mol. The number of aliphatic hydroxyl groups excluding tert-OH is 1. The number of fused-ring (bicyclic) bond motifs is 1. The van der Waals surface area contributed by atoms with Gasteiger partial charge in [0.05, 0.1) is 0 Å². The van der Waals surface area contributed by atoms with Gasteiger partial charge in [-0.25, -0.2) is 18.0 Å². The fourth-order valence-corrected chi connectivity index (χ4v) is 1.24. The van der Waals surface area contributed by atoms with Gasteiger partial charge in [-0.05, 0) is 6.07 Å². The maximum Gasteiger partial charge on any atom is 0.344 e. The van der Waals surface area contributed by atoms with Crippen molar-refractivity contribution in [2.75, 3.05) is 0 Å². The molecule has 0 fully saturated rings. The van der Waals surface area contributed by atoms with Crippen molar-refractivity contribution in [1.29, 1.82) is 0 Å². The minimum atomic E-state index is -1.75. The monoisotopic (exact) mass is 204 g/mol. The van der Waals surface area contributed by atoms with Crippen LogP contribution >= 0.6 is 0 Å². The van der Waals surface area contributed by atoms with Crippen molar-refractivity contribution in [1.82, 2.24) is 0 Å². The summed E-state index contributed by atoms with van der Waals surface area (Å²) in [4.78, 5) is 10.8. The van der Waals surface area contributed by atoms with Crippen LogP contribution in [0.1, 0.15) is 22.2 Å². The summed E-state index contributed by atoms with van der Waals surface area (Å²) >= 11 is 0. The molecule has 1 aliphatic heterocycles. The molecule has 1 aliphatic rings. The zero-order chi connectivity index (χ0) is 10.5. The molecule has 0 bridgehead atoms. The fraction of sp³-hybridized carbons (Fsp3) is 0.125. The highest BCUT2D eigenvalue weighted by Gasteiger charge is 2.35. The van der Waals surface area contributed by atoms with Gasteiger partial charge in [0.2, 0.25) is 6.29 Å². The molecular formula is C8H3F3O3. The summed E-state index contributed by atoms with van der Waals surface area (Å²) in [5.41, 5.74) is -1.15. The first-order chi connectivity index (χ1) is 6.52. The Morgan fingerprint density at radius 3 is 2.57 bits per heavy atom. The topological polar surface area (TPSA) is 46.5 Å². The Morgan fingerprint density at radius 2 is 1.93 bits per heavy atom. The summed E-state index contributed by atoms with van der Waals surface area (Å²) in [7, 11) is 0. The molecule has 0 radical (unpaired) electrons. The minimum Gasteiger partial charge on any atom is -0.428 e. The van der Waals surface area contributed by atoms with Crippen molar-refractivity contribution < 1.29 is 27.8 Å². The third-order valence-electron chi connectivity index (χ3n) is 1.88. The predicted octanol–water partition coefficient (Wildman–Crippen LogP) is 1.27. The van der Waals surface area contributed by atoms with Gasteiger partial charge in [0.1, 0.15) is 5.56 Å². The number of rotatable bonds is 0. The molecule has 1 aromatic rings. The lowest BCUT2D eigenvalue weighted by atomic mass is 10.1. The summed E-state index contributed by atoms with van der Waals surface area (Å²) < 4.78 is 42.4. The molecule has 0 saturated heterocycles. The van der Waals surface area contributed by atoms with Gasteiger partial charge in [-0.3, -0.25) is 0 Å². The van der Waals surface area contributed by atoms with Gasteiger partial charge in [-0.15, -0.1) is 0 Å². The number of cyclic esters (lactones) is 1. The molecule has 0 spiro atoms. The van der Waals surface area contributed by atoms with Crippen LogP contribution in [0.2, 0.25) is 0 Å². The second kappa shape index (κ2) is 2.71. The number of hydrogen-bond donors (Lipinski definition) is 1. The first kappa shape index (κ1) is 9.01. The van der Waals surface area contributed by atoms with Crippen LogP contribution in [0.4, 0.5) is 13.2 Å². The Balaban J connectivity index is 2.76. The van der Waals surface area contributed by atoms with E-state index in [4.69, 9.17) is 5.11 Å². The van der Waals surface area contributed by atoms with Crippen LogP contribution in [-0.4, -0.2) is 11.1 Å². The molecule has 1 N–H and O–H groups in total. The standard InChI is InChI=1S/C8H3F3O3/c9-3-1-2-4(6(11)5(3)10)8(13)14-7(2)12/h1,7,12H. The molecule has 1 unspecified atom stereocenters. The molecule has 6 heteroatoms. The molecule has 1 heterocycles. The average Bonchev–Trinajstić information content (AvgIpc) is 2.38. The van der Waals surface area contributed by atoms with Crippen LogP contribution in [0.3, 0.4) is 0 Å². The van der Waals surface area contributed by atoms with Crippen molar-refractivity contribution in [3.05, 3.63) is 34.6 Å². The number of carbonyl (C=O) groups excluding carboxylic acids is 1. The molecule has 0 saturated carbocycles. The van der Waals surface area contributed by atoms with E-state index in [-0.39, 0.29) is 0 Å². The van der Waals surface area contributed by atoms with E-state index in [1.807, 2.05) is 0 Å². The Kier molecular flexibility index (Phi) is 1.75. The van der Waals surface area contributed by atoms with Crippen LogP contribution in [0.15, 0.2) is 6.07 Å². The van der Waals surface area contributed by atoms with E-state index in [0.717, 1.165) is 0 Å². The Labute approximate surface area is 75.7 Å². The van der Waals surface area contributed by atoms with Crippen LogP contribution < -0.4 is 0 Å². The molecule has 1 aromatic carbocycles. The Morgan fingerprint density at radius 1 is 1.29 bits per heavy atom. The summed E-state index contributed by atoms with van der Waals surface area (Å²) in [6.45, 7) is 0. The van der Waals surface area contributed by atoms with Gasteiger partial charge in [0.15, 0.2) is 17.5 Å². The maximum atomic E-state index is 13.0. The van der Waals surface area contributed by atoms with Crippen molar-refractivity contribution in [3.63, 3.8) is 0 Å². The number of halogens is 3. The van der Waals surface area contributed by atoms with Crippen molar-refractivity contribution in [3.8, 4) is 0 Å². The second-order valence-electron chi connectivity index (χ2n) is 2.71. The van der Waals surface area contributed by atoms with Crippen LogP contribution in [0.25, 0.3) is 0 Å². The first-order valence-electron chi connectivity index (χ1n) is 3.59. The maximum absolute atomic E-state index is 13.0. The lowest BCUT2D eigenvalue weighted by molar-refractivity contribution is -0.0549. The average molecular weight is 204 g/mol. The largest absolute Gasteiger partial charge is 0.428 e. The van der Waals surface area contributed by atoms with Crippen LogP contribution in [-0.2, 0) is 4.74 Å². The van der Waals surface area contributed by atoms with E-state index in [9.17, 15) is 18.0 Å². The smallest absolute Gasteiger partial charge is 0.344 e.